The lowest BCUT2D eigenvalue weighted by atomic mass is 9.96. The Morgan fingerprint density at radius 2 is 1.83 bits per heavy atom. The summed E-state index contributed by atoms with van der Waals surface area (Å²) in [7, 11) is 1.68. The fraction of sp³-hybridized carbons (Fsp3) is 0.250. The fourth-order valence-electron chi connectivity index (χ4n) is 3.10. The van der Waals surface area contributed by atoms with Crippen molar-refractivity contribution >= 4 is 16.7 Å². The zero-order valence-electron chi connectivity index (χ0n) is 14.0. The van der Waals surface area contributed by atoms with Gasteiger partial charge in [0.1, 0.15) is 6.04 Å². The number of carbonyl (C=O) groups is 1. The lowest BCUT2D eigenvalue weighted by Crippen LogP contribution is -2.92. The molecule has 0 saturated heterocycles. The first-order valence-electron chi connectivity index (χ1n) is 8.20. The molecule has 3 rings (SSSR count). The molecule has 2 atom stereocenters. The summed E-state index contributed by atoms with van der Waals surface area (Å²) in [6.07, 6.45) is 1.82. The van der Waals surface area contributed by atoms with Gasteiger partial charge in [0.05, 0.1) is 6.61 Å². The van der Waals surface area contributed by atoms with Crippen LogP contribution in [0.3, 0.4) is 0 Å². The number of nitrogens with two attached hydrogens (primary N) is 1. The van der Waals surface area contributed by atoms with Crippen LogP contribution in [0.5, 0.6) is 0 Å². The van der Waals surface area contributed by atoms with Gasteiger partial charge in [0, 0.05) is 35.3 Å². The lowest BCUT2D eigenvalue weighted by Gasteiger charge is -2.19. The molecule has 1 aromatic heterocycles. The maximum absolute atomic E-state index is 13.3. The molecule has 0 radical (unpaired) electrons. The third-order valence-corrected chi connectivity index (χ3v) is 4.25. The predicted octanol–water partition coefficient (Wildman–Crippen LogP) is 2.69. The van der Waals surface area contributed by atoms with Crippen molar-refractivity contribution in [3.05, 3.63) is 71.9 Å². The molecule has 4 heteroatoms. The zero-order valence-corrected chi connectivity index (χ0v) is 14.0. The van der Waals surface area contributed by atoms with Crippen LogP contribution in [0.4, 0.5) is 0 Å². The highest BCUT2D eigenvalue weighted by Crippen LogP contribution is 2.23. The van der Waals surface area contributed by atoms with Crippen molar-refractivity contribution in [3.8, 4) is 0 Å². The van der Waals surface area contributed by atoms with E-state index in [9.17, 15) is 4.79 Å². The van der Waals surface area contributed by atoms with E-state index < -0.39 is 0 Å². The van der Waals surface area contributed by atoms with Gasteiger partial charge < -0.3 is 15.0 Å². The SMILES string of the molecule is COC[C@@H](C)[NH2+][C@H](C(=O)c1c[nH]c2ccccc12)c1ccccc1. The summed E-state index contributed by atoms with van der Waals surface area (Å²) < 4.78 is 5.23. The van der Waals surface area contributed by atoms with Gasteiger partial charge in [0.25, 0.3) is 0 Å². The molecular weight excluding hydrogens is 300 g/mol. The molecule has 0 spiro atoms. The minimum Gasteiger partial charge on any atom is -0.379 e. The first-order valence-corrected chi connectivity index (χ1v) is 8.20. The maximum atomic E-state index is 13.3. The van der Waals surface area contributed by atoms with E-state index in [2.05, 4.69) is 17.2 Å². The molecule has 2 aromatic carbocycles. The van der Waals surface area contributed by atoms with Gasteiger partial charge in [-0.3, -0.25) is 4.79 Å². The average molecular weight is 323 g/mol. The second-order valence-electron chi connectivity index (χ2n) is 6.13. The van der Waals surface area contributed by atoms with E-state index in [-0.39, 0.29) is 17.9 Å². The third kappa shape index (κ3) is 3.40. The number of aromatic nitrogens is 1. The van der Waals surface area contributed by atoms with Crippen LogP contribution in [0.15, 0.2) is 60.8 Å². The Kier molecular flexibility index (Phi) is 5.08. The summed E-state index contributed by atoms with van der Waals surface area (Å²) in [6, 6.07) is 17.7. The van der Waals surface area contributed by atoms with E-state index in [1.54, 1.807) is 7.11 Å². The Labute approximate surface area is 141 Å². The van der Waals surface area contributed by atoms with Gasteiger partial charge in [-0.1, -0.05) is 48.5 Å². The second kappa shape index (κ2) is 7.43. The number of ketones is 1. The molecule has 0 aliphatic carbocycles. The van der Waals surface area contributed by atoms with Crippen molar-refractivity contribution in [1.29, 1.82) is 0 Å². The first kappa shape index (κ1) is 16.4. The maximum Gasteiger partial charge on any atom is 0.226 e. The monoisotopic (exact) mass is 323 g/mol. The number of hydrogen-bond acceptors (Lipinski definition) is 2. The van der Waals surface area contributed by atoms with E-state index in [1.165, 1.54) is 0 Å². The van der Waals surface area contributed by atoms with Crippen LogP contribution in [0.25, 0.3) is 10.9 Å². The van der Waals surface area contributed by atoms with Crippen LogP contribution < -0.4 is 5.32 Å². The van der Waals surface area contributed by atoms with Crippen molar-refractivity contribution < 1.29 is 14.8 Å². The molecule has 1 heterocycles. The molecule has 0 saturated carbocycles. The van der Waals surface area contributed by atoms with E-state index in [0.717, 1.165) is 22.0 Å². The van der Waals surface area contributed by atoms with Gasteiger partial charge in [-0.25, -0.2) is 0 Å². The third-order valence-electron chi connectivity index (χ3n) is 4.25. The summed E-state index contributed by atoms with van der Waals surface area (Å²) in [6.45, 7) is 2.67. The van der Waals surface area contributed by atoms with Crippen molar-refractivity contribution in [3.63, 3.8) is 0 Å². The molecule has 124 valence electrons. The van der Waals surface area contributed by atoms with Gasteiger partial charge in [-0.15, -0.1) is 0 Å². The van der Waals surface area contributed by atoms with E-state index in [1.807, 2.05) is 60.8 Å². The normalized spacial score (nSPS) is 13.8. The van der Waals surface area contributed by atoms with Gasteiger partial charge in [-0.2, -0.15) is 0 Å². The number of H-pyrrole nitrogens is 1. The number of fused-ring (bicyclic) bond motifs is 1. The molecule has 0 amide bonds. The fourth-order valence-corrected chi connectivity index (χ4v) is 3.10. The van der Waals surface area contributed by atoms with Crippen molar-refractivity contribution in [2.45, 2.75) is 19.0 Å². The minimum atomic E-state index is -0.282. The quantitative estimate of drug-likeness (QED) is 0.657. The molecule has 0 fully saturated rings. The zero-order chi connectivity index (χ0) is 16.9. The molecule has 24 heavy (non-hydrogen) atoms. The van der Waals surface area contributed by atoms with Gasteiger partial charge in [0.2, 0.25) is 5.78 Å². The molecule has 3 aromatic rings. The summed E-state index contributed by atoms with van der Waals surface area (Å²) in [5.74, 6) is 0.113. The number of nitrogens with one attached hydrogen (secondary N) is 1. The summed E-state index contributed by atoms with van der Waals surface area (Å²) in [5, 5.41) is 3.05. The summed E-state index contributed by atoms with van der Waals surface area (Å²) >= 11 is 0. The van der Waals surface area contributed by atoms with E-state index >= 15 is 0 Å². The molecule has 0 unspecified atom stereocenters. The number of methoxy groups -OCH3 is 1. The number of para-hydroxylation sites is 1. The average Bonchev–Trinajstić information content (AvgIpc) is 3.04. The topological polar surface area (TPSA) is 58.7 Å². The number of Topliss-reactive ketones (excluding diaryl/α,β-unsaturated/α-hetero) is 1. The summed E-state index contributed by atoms with van der Waals surface area (Å²) in [4.78, 5) is 16.5. The number of quaternary nitrogens is 1. The number of carbonyl (C=O) groups excluding carboxylic acids is 1. The first-order chi connectivity index (χ1) is 11.7. The molecular formula is C20H23N2O2+. The lowest BCUT2D eigenvalue weighted by molar-refractivity contribution is -0.712. The predicted molar refractivity (Wildman–Crippen MR) is 95.1 cm³/mol. The van der Waals surface area contributed by atoms with E-state index in [0.29, 0.717) is 6.61 Å². The van der Waals surface area contributed by atoms with Crippen LogP contribution >= 0.6 is 0 Å². The second-order valence-corrected chi connectivity index (χ2v) is 6.13. The Morgan fingerprint density at radius 1 is 1.12 bits per heavy atom. The van der Waals surface area contributed by atoms with Crippen LogP contribution in [-0.2, 0) is 4.74 Å². The largest absolute Gasteiger partial charge is 0.379 e. The van der Waals surface area contributed by atoms with E-state index in [4.69, 9.17) is 4.74 Å². The number of benzene rings is 2. The number of hydrogen-bond donors (Lipinski definition) is 2. The number of aromatic amines is 1. The smallest absolute Gasteiger partial charge is 0.226 e. The van der Waals surface area contributed by atoms with Crippen LogP contribution in [0.1, 0.15) is 28.9 Å². The molecule has 0 aliphatic heterocycles. The van der Waals surface area contributed by atoms with Crippen LogP contribution in [-0.4, -0.2) is 30.5 Å². The Bertz CT molecular complexity index is 811. The summed E-state index contributed by atoms with van der Waals surface area (Å²) in [5.41, 5.74) is 2.73. The van der Waals surface area contributed by atoms with Crippen molar-refractivity contribution in [2.24, 2.45) is 0 Å². The number of rotatable bonds is 7. The van der Waals surface area contributed by atoms with Gasteiger partial charge >= 0.3 is 0 Å². The van der Waals surface area contributed by atoms with Crippen molar-refractivity contribution in [1.82, 2.24) is 4.98 Å². The van der Waals surface area contributed by atoms with Crippen LogP contribution in [0.2, 0.25) is 0 Å². The highest BCUT2D eigenvalue weighted by Gasteiger charge is 2.29. The van der Waals surface area contributed by atoms with Crippen LogP contribution in [0, 0.1) is 0 Å². The molecule has 0 aliphatic rings. The standard InChI is InChI=1S/C20H22N2O2/c1-14(13-24-2)22-19(15-8-4-3-5-9-15)20(23)17-12-21-18-11-7-6-10-16(17)18/h3-12,14,19,21-22H,13H2,1-2H3/p+1/t14-,19+/m1/s1. The Balaban J connectivity index is 1.96. The highest BCUT2D eigenvalue weighted by atomic mass is 16.5. The molecule has 3 N–H and O–H groups in total. The van der Waals surface area contributed by atoms with Crippen molar-refractivity contribution in [2.75, 3.05) is 13.7 Å². The Hall–Kier alpha value is -2.43. The van der Waals surface area contributed by atoms with Gasteiger partial charge in [-0.05, 0) is 13.0 Å². The molecule has 4 nitrogen and oxygen atoms in total. The minimum absolute atomic E-state index is 0.113. The highest BCUT2D eigenvalue weighted by molar-refractivity contribution is 6.09. The van der Waals surface area contributed by atoms with Gasteiger partial charge in [0.15, 0.2) is 6.04 Å². The Morgan fingerprint density at radius 3 is 2.58 bits per heavy atom. The molecule has 0 bridgehead atoms. The number of ether oxygens (including phenoxy) is 1.